The van der Waals surface area contributed by atoms with Crippen LogP contribution in [0, 0.1) is 0 Å². The summed E-state index contributed by atoms with van der Waals surface area (Å²) >= 11 is 0. The Morgan fingerprint density at radius 3 is 1.83 bits per heavy atom. The van der Waals surface area contributed by atoms with Gasteiger partial charge in [-0.15, -0.1) is 11.5 Å². The highest BCUT2D eigenvalue weighted by atomic mass is 16.3. The van der Waals surface area contributed by atoms with Gasteiger partial charge in [-0.2, -0.15) is 0 Å². The molecule has 2 N–H and O–H groups in total. The summed E-state index contributed by atoms with van der Waals surface area (Å²) in [6, 6.07) is 5.73. The van der Waals surface area contributed by atoms with Crippen LogP contribution in [0.3, 0.4) is 0 Å². The van der Waals surface area contributed by atoms with Gasteiger partial charge in [0.2, 0.25) is 0 Å². The molecule has 1 aliphatic carbocycles. The van der Waals surface area contributed by atoms with Crippen LogP contribution >= 0.6 is 0 Å². The van der Waals surface area contributed by atoms with Crippen LogP contribution < -0.4 is 26.4 Å². The van der Waals surface area contributed by atoms with Crippen molar-refractivity contribution in [3.8, 4) is 0 Å². The Labute approximate surface area is 69.1 Å². The zero-order valence-corrected chi connectivity index (χ0v) is 6.28. The summed E-state index contributed by atoms with van der Waals surface area (Å²) in [5.41, 5.74) is 5.37. The van der Waals surface area contributed by atoms with E-state index in [1.54, 1.807) is 24.3 Å². The molecule has 0 unspecified atom stereocenters. The molecular weight excluding hydrogens is 154 g/mol. The minimum Gasteiger partial charge on any atom is -0.874 e. The Morgan fingerprint density at radius 2 is 1.42 bits per heavy atom. The summed E-state index contributed by atoms with van der Waals surface area (Å²) in [6.45, 7) is 0. The summed E-state index contributed by atoms with van der Waals surface area (Å²) < 4.78 is 0. The fraction of sp³-hybridized carbons (Fsp3) is 0.111. The molecule has 2 rings (SSSR count). The van der Waals surface area contributed by atoms with E-state index in [-0.39, 0.29) is 11.5 Å². The van der Waals surface area contributed by atoms with Crippen molar-refractivity contribution in [1.82, 2.24) is 0 Å². The van der Waals surface area contributed by atoms with Crippen LogP contribution in [0.5, 0.6) is 0 Å². The molecule has 12 heavy (non-hydrogen) atoms. The summed E-state index contributed by atoms with van der Waals surface area (Å²) in [4.78, 5) is 0. The first-order valence-electron chi connectivity index (χ1n) is 3.65. The van der Waals surface area contributed by atoms with Gasteiger partial charge >= 0.3 is 0 Å². The van der Waals surface area contributed by atoms with E-state index in [0.29, 0.717) is 10.4 Å². The smallest absolute Gasteiger partial charge is 0.0279 e. The SMILES string of the molecule is NC1C([O-])=c2ccccc2=C1[O-]. The molecule has 0 aliphatic heterocycles. The van der Waals surface area contributed by atoms with Crippen molar-refractivity contribution >= 4 is 11.5 Å². The molecule has 0 fully saturated rings. The average Bonchev–Trinajstić information content (AvgIpc) is 2.33. The molecular formula is C9H7NO2-2. The Morgan fingerprint density at radius 1 is 1.00 bits per heavy atom. The molecule has 0 radical (unpaired) electrons. The van der Waals surface area contributed by atoms with Crippen molar-refractivity contribution in [2.45, 2.75) is 6.04 Å². The maximum Gasteiger partial charge on any atom is 0.0279 e. The molecule has 1 aliphatic rings. The second-order valence-electron chi connectivity index (χ2n) is 2.75. The fourth-order valence-electron chi connectivity index (χ4n) is 1.37. The Balaban J connectivity index is 2.95. The number of benzene rings is 1. The van der Waals surface area contributed by atoms with Crippen LogP contribution in [0.1, 0.15) is 0 Å². The summed E-state index contributed by atoms with van der Waals surface area (Å²) in [5, 5.41) is 23.4. The van der Waals surface area contributed by atoms with Gasteiger partial charge in [-0.05, 0) is 10.4 Å². The van der Waals surface area contributed by atoms with Gasteiger partial charge < -0.3 is 15.9 Å². The van der Waals surface area contributed by atoms with Crippen LogP contribution in [0.25, 0.3) is 11.5 Å². The predicted molar refractivity (Wildman–Crippen MR) is 40.5 cm³/mol. The van der Waals surface area contributed by atoms with E-state index in [4.69, 9.17) is 5.73 Å². The van der Waals surface area contributed by atoms with Gasteiger partial charge in [0.05, 0.1) is 0 Å². The molecule has 0 atom stereocenters. The number of rotatable bonds is 0. The van der Waals surface area contributed by atoms with E-state index in [1.807, 2.05) is 0 Å². The first kappa shape index (κ1) is 7.18. The lowest BCUT2D eigenvalue weighted by Crippen LogP contribution is -2.33. The van der Waals surface area contributed by atoms with E-state index < -0.39 is 6.04 Å². The summed E-state index contributed by atoms with van der Waals surface area (Å²) in [6.07, 6.45) is 0. The van der Waals surface area contributed by atoms with Gasteiger partial charge in [0.1, 0.15) is 0 Å². The maximum absolute atomic E-state index is 11.3. The molecule has 62 valence electrons. The van der Waals surface area contributed by atoms with E-state index in [1.165, 1.54) is 0 Å². The second-order valence-corrected chi connectivity index (χ2v) is 2.75. The zero-order chi connectivity index (χ0) is 8.72. The molecule has 0 amide bonds. The molecule has 3 nitrogen and oxygen atoms in total. The first-order valence-corrected chi connectivity index (χ1v) is 3.65. The number of hydrogen-bond acceptors (Lipinski definition) is 3. The Kier molecular flexibility index (Phi) is 1.35. The maximum atomic E-state index is 11.3. The molecule has 1 aromatic carbocycles. The van der Waals surface area contributed by atoms with Crippen LogP contribution in [0.2, 0.25) is 0 Å². The van der Waals surface area contributed by atoms with Gasteiger partial charge in [0.25, 0.3) is 0 Å². The first-order chi connectivity index (χ1) is 5.72. The molecule has 1 aromatic rings. The van der Waals surface area contributed by atoms with Gasteiger partial charge in [-0.25, -0.2) is 0 Å². The van der Waals surface area contributed by atoms with Crippen molar-refractivity contribution in [2.75, 3.05) is 0 Å². The molecule has 0 aromatic heterocycles. The average molecular weight is 161 g/mol. The highest BCUT2D eigenvalue weighted by molar-refractivity contribution is 5.64. The number of nitrogens with two attached hydrogens (primary N) is 1. The highest BCUT2D eigenvalue weighted by Crippen LogP contribution is 2.00. The van der Waals surface area contributed by atoms with Crippen molar-refractivity contribution in [3.05, 3.63) is 34.7 Å². The number of fused-ring (bicyclic) bond motifs is 1. The largest absolute Gasteiger partial charge is 0.874 e. The van der Waals surface area contributed by atoms with E-state index >= 15 is 0 Å². The minimum atomic E-state index is -0.970. The lowest BCUT2D eigenvalue weighted by atomic mass is 10.3. The normalized spacial score (nSPS) is 16.8. The molecule has 3 heteroatoms. The summed E-state index contributed by atoms with van der Waals surface area (Å²) in [7, 11) is 0. The zero-order valence-electron chi connectivity index (χ0n) is 6.28. The third kappa shape index (κ3) is 0.740. The van der Waals surface area contributed by atoms with Gasteiger partial charge in [-0.3, -0.25) is 0 Å². The highest BCUT2D eigenvalue weighted by Gasteiger charge is 2.07. The van der Waals surface area contributed by atoms with Gasteiger partial charge in [0, 0.05) is 6.04 Å². The van der Waals surface area contributed by atoms with Crippen molar-refractivity contribution < 1.29 is 10.2 Å². The number of hydrogen-bond donors (Lipinski definition) is 1. The van der Waals surface area contributed by atoms with Crippen molar-refractivity contribution in [3.63, 3.8) is 0 Å². The molecule has 0 spiro atoms. The second kappa shape index (κ2) is 2.25. The third-order valence-electron chi connectivity index (χ3n) is 2.02. The van der Waals surface area contributed by atoms with E-state index in [0.717, 1.165) is 0 Å². The molecule has 0 heterocycles. The monoisotopic (exact) mass is 161 g/mol. The Bertz CT molecular complexity index is 395. The van der Waals surface area contributed by atoms with Crippen molar-refractivity contribution in [2.24, 2.45) is 5.73 Å². The predicted octanol–water partition coefficient (Wildman–Crippen LogP) is -3.04. The van der Waals surface area contributed by atoms with Crippen LogP contribution in [-0.2, 0) is 0 Å². The Hall–Kier alpha value is -1.48. The van der Waals surface area contributed by atoms with Crippen LogP contribution in [-0.4, -0.2) is 6.04 Å². The quantitative estimate of drug-likeness (QED) is 0.440. The van der Waals surface area contributed by atoms with E-state index in [2.05, 4.69) is 0 Å². The standard InChI is InChI=1S/C9H9NO2/c10-7-8(11)5-3-1-2-4-6(5)9(7)12/h1-4,7,11-12H,10H2/p-2. The van der Waals surface area contributed by atoms with Crippen molar-refractivity contribution in [1.29, 1.82) is 0 Å². The lowest BCUT2D eigenvalue weighted by Gasteiger charge is -2.21. The van der Waals surface area contributed by atoms with Crippen LogP contribution in [0.4, 0.5) is 0 Å². The summed E-state index contributed by atoms with van der Waals surface area (Å²) in [5.74, 6) is -0.536. The topological polar surface area (TPSA) is 72.1 Å². The van der Waals surface area contributed by atoms with Crippen LogP contribution in [0.15, 0.2) is 24.3 Å². The minimum absolute atomic E-state index is 0.268. The van der Waals surface area contributed by atoms with Gasteiger partial charge in [0.15, 0.2) is 0 Å². The molecule has 0 bridgehead atoms. The lowest BCUT2D eigenvalue weighted by molar-refractivity contribution is -0.270. The fourth-order valence-corrected chi connectivity index (χ4v) is 1.37. The van der Waals surface area contributed by atoms with E-state index in [9.17, 15) is 10.2 Å². The third-order valence-corrected chi connectivity index (χ3v) is 2.02. The van der Waals surface area contributed by atoms with Gasteiger partial charge in [-0.1, -0.05) is 24.3 Å². The molecule has 0 saturated carbocycles. The molecule has 0 saturated heterocycles.